The zero-order valence-electron chi connectivity index (χ0n) is 18.4. The highest BCUT2D eigenvalue weighted by Crippen LogP contribution is 2.35. The Morgan fingerprint density at radius 1 is 0.938 bits per heavy atom. The highest BCUT2D eigenvalue weighted by atomic mass is 16.6. The number of ether oxygens (including phenoxy) is 1. The van der Waals surface area contributed by atoms with Crippen molar-refractivity contribution in [3.8, 4) is 5.75 Å². The number of nitro benzene ring substituents is 1. The number of nitrogens with one attached hydrogen (secondary N) is 1. The van der Waals surface area contributed by atoms with Crippen molar-refractivity contribution in [1.82, 2.24) is 4.90 Å². The van der Waals surface area contributed by atoms with E-state index in [1.165, 1.54) is 0 Å². The Kier molecular flexibility index (Phi) is 6.56. The minimum absolute atomic E-state index is 0.0670. The smallest absolute Gasteiger partial charge is 0.292 e. The Labute approximate surface area is 188 Å². The molecule has 32 heavy (non-hydrogen) atoms. The van der Waals surface area contributed by atoms with Crippen molar-refractivity contribution in [2.75, 3.05) is 50.6 Å². The Morgan fingerprint density at radius 2 is 1.59 bits per heavy atom. The number of methoxy groups -OCH3 is 1. The van der Waals surface area contributed by atoms with E-state index in [9.17, 15) is 10.1 Å². The van der Waals surface area contributed by atoms with Crippen LogP contribution >= 0.6 is 0 Å². The molecule has 3 aromatic carbocycles. The third kappa shape index (κ3) is 4.84. The first-order valence-corrected chi connectivity index (χ1v) is 10.7. The van der Waals surface area contributed by atoms with Crippen LogP contribution in [0.25, 0.3) is 0 Å². The lowest BCUT2D eigenvalue weighted by Gasteiger charge is -2.34. The number of benzene rings is 3. The predicted octanol–water partition coefficient (Wildman–Crippen LogP) is 4.56. The summed E-state index contributed by atoms with van der Waals surface area (Å²) in [6.45, 7) is 3.74. The minimum Gasteiger partial charge on any atom is -0.497 e. The molecule has 0 saturated carbocycles. The Morgan fingerprint density at radius 3 is 2.22 bits per heavy atom. The number of nitrogens with zero attached hydrogens (tertiary/aromatic N) is 3. The maximum atomic E-state index is 11.8. The summed E-state index contributed by atoms with van der Waals surface area (Å²) in [5.41, 5.74) is 3.59. The van der Waals surface area contributed by atoms with Crippen molar-refractivity contribution < 1.29 is 9.66 Å². The van der Waals surface area contributed by atoms with E-state index < -0.39 is 0 Å². The van der Waals surface area contributed by atoms with Gasteiger partial charge in [0, 0.05) is 37.9 Å². The molecule has 1 atom stereocenters. The molecule has 1 aliphatic rings. The van der Waals surface area contributed by atoms with Crippen LogP contribution in [0.3, 0.4) is 0 Å². The maximum absolute atomic E-state index is 11.8. The standard InChI is InChI=1S/C25H28N4O3/c1-27-14-16-28(17-15-27)21-10-13-24(29(30)31)23(18-21)26-25(19-6-4-3-5-7-19)20-8-11-22(32-2)12-9-20/h3-13,18,25-26H,14-17H2,1-2H3. The number of piperazine rings is 1. The molecule has 4 rings (SSSR count). The van der Waals surface area contributed by atoms with E-state index in [-0.39, 0.29) is 16.7 Å². The number of nitro groups is 1. The molecule has 1 aliphatic heterocycles. The third-order valence-corrected chi connectivity index (χ3v) is 5.93. The van der Waals surface area contributed by atoms with Gasteiger partial charge in [0.2, 0.25) is 0 Å². The Balaban J connectivity index is 1.71. The molecule has 1 fully saturated rings. The summed E-state index contributed by atoms with van der Waals surface area (Å²) in [5.74, 6) is 0.767. The van der Waals surface area contributed by atoms with Crippen LogP contribution in [-0.2, 0) is 0 Å². The van der Waals surface area contributed by atoms with Crippen LogP contribution in [-0.4, -0.2) is 50.2 Å². The van der Waals surface area contributed by atoms with Gasteiger partial charge in [0.1, 0.15) is 11.4 Å². The molecule has 7 heteroatoms. The van der Waals surface area contributed by atoms with Gasteiger partial charge in [-0.2, -0.15) is 0 Å². The normalized spacial score (nSPS) is 15.2. The van der Waals surface area contributed by atoms with E-state index in [4.69, 9.17) is 4.74 Å². The number of hydrogen-bond donors (Lipinski definition) is 1. The van der Waals surface area contributed by atoms with Crippen LogP contribution in [0.5, 0.6) is 5.75 Å². The highest BCUT2D eigenvalue weighted by molar-refractivity contribution is 5.70. The van der Waals surface area contributed by atoms with Crippen LogP contribution in [0.4, 0.5) is 17.1 Å². The lowest BCUT2D eigenvalue weighted by atomic mass is 9.98. The van der Waals surface area contributed by atoms with Crippen LogP contribution < -0.4 is 15.0 Å². The topological polar surface area (TPSA) is 70.9 Å². The average molecular weight is 433 g/mol. The summed E-state index contributed by atoms with van der Waals surface area (Å²) in [7, 11) is 3.74. The zero-order valence-corrected chi connectivity index (χ0v) is 18.4. The fourth-order valence-electron chi connectivity index (χ4n) is 4.02. The highest BCUT2D eigenvalue weighted by Gasteiger charge is 2.23. The molecule has 0 aromatic heterocycles. The Bertz CT molecular complexity index is 1050. The van der Waals surface area contributed by atoms with E-state index >= 15 is 0 Å². The molecule has 1 N–H and O–H groups in total. The summed E-state index contributed by atoms with van der Waals surface area (Å²) in [4.78, 5) is 16.1. The minimum atomic E-state index is -0.327. The molecule has 0 amide bonds. The second kappa shape index (κ2) is 9.70. The first-order chi connectivity index (χ1) is 15.5. The first kappa shape index (κ1) is 21.6. The monoisotopic (exact) mass is 432 g/mol. The fourth-order valence-corrected chi connectivity index (χ4v) is 4.02. The second-order valence-electron chi connectivity index (χ2n) is 8.01. The van der Waals surface area contributed by atoms with Gasteiger partial charge in [0.15, 0.2) is 0 Å². The lowest BCUT2D eigenvalue weighted by molar-refractivity contribution is -0.384. The molecular formula is C25H28N4O3. The number of hydrogen-bond acceptors (Lipinski definition) is 6. The van der Waals surface area contributed by atoms with Crippen molar-refractivity contribution >= 4 is 17.1 Å². The van der Waals surface area contributed by atoms with Gasteiger partial charge in [0.25, 0.3) is 5.69 Å². The average Bonchev–Trinajstić information content (AvgIpc) is 2.83. The van der Waals surface area contributed by atoms with E-state index in [0.29, 0.717) is 5.69 Å². The van der Waals surface area contributed by atoms with Crippen LogP contribution in [0.15, 0.2) is 72.8 Å². The number of rotatable bonds is 7. The SMILES string of the molecule is COc1ccc(C(Nc2cc(N3CCN(C)CC3)ccc2[N+](=O)[O-])c2ccccc2)cc1. The van der Waals surface area contributed by atoms with Gasteiger partial charge in [-0.15, -0.1) is 0 Å². The summed E-state index contributed by atoms with van der Waals surface area (Å²) in [5, 5.41) is 15.3. The molecule has 1 heterocycles. The van der Waals surface area contributed by atoms with Gasteiger partial charge >= 0.3 is 0 Å². The van der Waals surface area contributed by atoms with E-state index in [1.54, 1.807) is 13.2 Å². The molecule has 166 valence electrons. The number of likely N-dealkylation sites (N-methyl/N-ethyl adjacent to an activating group) is 1. The van der Waals surface area contributed by atoms with Crippen molar-refractivity contribution in [2.45, 2.75) is 6.04 Å². The van der Waals surface area contributed by atoms with E-state index in [0.717, 1.165) is 48.7 Å². The van der Waals surface area contributed by atoms with Crippen molar-refractivity contribution in [3.05, 3.63) is 94.0 Å². The van der Waals surface area contributed by atoms with E-state index in [2.05, 4.69) is 22.2 Å². The van der Waals surface area contributed by atoms with E-state index in [1.807, 2.05) is 66.7 Å². The van der Waals surface area contributed by atoms with Crippen LogP contribution in [0.1, 0.15) is 17.2 Å². The molecular weight excluding hydrogens is 404 g/mol. The first-order valence-electron chi connectivity index (χ1n) is 10.7. The van der Waals surface area contributed by atoms with Gasteiger partial charge in [-0.25, -0.2) is 0 Å². The van der Waals surface area contributed by atoms with Crippen molar-refractivity contribution in [1.29, 1.82) is 0 Å². The summed E-state index contributed by atoms with van der Waals surface area (Å²) < 4.78 is 5.30. The summed E-state index contributed by atoms with van der Waals surface area (Å²) >= 11 is 0. The predicted molar refractivity (Wildman–Crippen MR) is 128 cm³/mol. The molecule has 3 aromatic rings. The molecule has 0 radical (unpaired) electrons. The second-order valence-corrected chi connectivity index (χ2v) is 8.01. The van der Waals surface area contributed by atoms with Gasteiger partial charge in [-0.1, -0.05) is 42.5 Å². The number of anilines is 2. The lowest BCUT2D eigenvalue weighted by Crippen LogP contribution is -2.44. The summed E-state index contributed by atoms with van der Waals surface area (Å²) in [6, 6.07) is 22.9. The van der Waals surface area contributed by atoms with Crippen LogP contribution in [0.2, 0.25) is 0 Å². The van der Waals surface area contributed by atoms with Gasteiger partial charge in [0.05, 0.1) is 18.1 Å². The third-order valence-electron chi connectivity index (χ3n) is 5.93. The van der Waals surface area contributed by atoms with Gasteiger partial charge < -0.3 is 19.9 Å². The quantitative estimate of drug-likeness (QED) is 0.436. The zero-order chi connectivity index (χ0) is 22.5. The Hall–Kier alpha value is -3.58. The van der Waals surface area contributed by atoms with Gasteiger partial charge in [-0.05, 0) is 42.4 Å². The molecule has 7 nitrogen and oxygen atoms in total. The molecule has 0 spiro atoms. The molecule has 0 aliphatic carbocycles. The molecule has 1 saturated heterocycles. The molecule has 0 bridgehead atoms. The van der Waals surface area contributed by atoms with Crippen LogP contribution in [0, 0.1) is 10.1 Å². The molecule has 1 unspecified atom stereocenters. The fraction of sp³-hybridized carbons (Fsp3) is 0.280. The maximum Gasteiger partial charge on any atom is 0.292 e. The summed E-state index contributed by atoms with van der Waals surface area (Å²) in [6.07, 6.45) is 0. The van der Waals surface area contributed by atoms with Gasteiger partial charge in [-0.3, -0.25) is 10.1 Å². The van der Waals surface area contributed by atoms with Crippen molar-refractivity contribution in [3.63, 3.8) is 0 Å². The largest absolute Gasteiger partial charge is 0.497 e. The van der Waals surface area contributed by atoms with Crippen molar-refractivity contribution in [2.24, 2.45) is 0 Å².